The van der Waals surface area contributed by atoms with E-state index in [1.807, 2.05) is 0 Å². The maximum absolute atomic E-state index is 12.5. The topological polar surface area (TPSA) is 86.7 Å². The second kappa shape index (κ2) is 5.22. The van der Waals surface area contributed by atoms with Crippen LogP contribution in [0, 0.1) is 0 Å². The van der Waals surface area contributed by atoms with E-state index in [0.29, 0.717) is 5.56 Å². The number of rotatable bonds is 2. The minimum Gasteiger partial charge on any atom is -0.458 e. The van der Waals surface area contributed by atoms with E-state index in [4.69, 9.17) is 9.47 Å². The van der Waals surface area contributed by atoms with Crippen LogP contribution in [0.5, 0.6) is 0 Å². The molecule has 0 amide bonds. The van der Waals surface area contributed by atoms with Crippen molar-refractivity contribution in [3.63, 3.8) is 0 Å². The fourth-order valence-corrected chi connectivity index (χ4v) is 2.66. The number of carbonyl (C=O) groups excluding carboxylic acids is 4. The van der Waals surface area contributed by atoms with E-state index < -0.39 is 29.9 Å². The Kier molecular flexibility index (Phi) is 3.36. The zero-order valence-corrected chi connectivity index (χ0v) is 11.7. The first-order valence-corrected chi connectivity index (χ1v) is 6.73. The van der Waals surface area contributed by atoms with Crippen molar-refractivity contribution in [2.24, 2.45) is 0 Å². The van der Waals surface area contributed by atoms with Gasteiger partial charge in [0.25, 0.3) is 0 Å². The fraction of sp³-hybridized carbons (Fsp3) is 0.250. The summed E-state index contributed by atoms with van der Waals surface area (Å²) in [6.45, 7) is 1.21. The van der Waals surface area contributed by atoms with Gasteiger partial charge in [0.2, 0.25) is 0 Å². The quantitative estimate of drug-likeness (QED) is 0.764. The first kappa shape index (κ1) is 14.2. The number of hydrogen-bond donors (Lipinski definition) is 0. The van der Waals surface area contributed by atoms with E-state index in [1.54, 1.807) is 24.3 Å². The first-order valence-electron chi connectivity index (χ1n) is 6.73. The molecule has 1 heterocycles. The van der Waals surface area contributed by atoms with Gasteiger partial charge >= 0.3 is 11.9 Å². The van der Waals surface area contributed by atoms with Gasteiger partial charge in [-0.25, -0.2) is 0 Å². The molecule has 112 valence electrons. The van der Waals surface area contributed by atoms with E-state index in [9.17, 15) is 19.2 Å². The molecule has 6 heteroatoms. The molecule has 0 saturated carbocycles. The third-order valence-electron chi connectivity index (χ3n) is 3.57. The lowest BCUT2D eigenvalue weighted by Crippen LogP contribution is -2.33. The van der Waals surface area contributed by atoms with Crippen LogP contribution in [0.2, 0.25) is 0 Å². The molecule has 2 aliphatic rings. The standard InChI is InChI=1S/C16H12O6/c1-8(17)21-13-7-14(19)22-16(13)11-6-12(18)9-4-2-3-5-10(9)15(11)20/h2-6,13,16H,7H2,1H3/t13-,16+/m1/s1. The average Bonchev–Trinajstić information content (AvgIpc) is 2.82. The number of fused-ring (bicyclic) bond motifs is 1. The van der Waals surface area contributed by atoms with Gasteiger partial charge in [-0.05, 0) is 6.08 Å². The summed E-state index contributed by atoms with van der Waals surface area (Å²) in [7, 11) is 0. The highest BCUT2D eigenvalue weighted by atomic mass is 16.6. The minimum absolute atomic E-state index is 0.0424. The second-order valence-electron chi connectivity index (χ2n) is 5.10. The van der Waals surface area contributed by atoms with Gasteiger partial charge in [0, 0.05) is 23.6 Å². The van der Waals surface area contributed by atoms with Crippen molar-refractivity contribution in [3.05, 3.63) is 47.0 Å². The summed E-state index contributed by atoms with van der Waals surface area (Å²) >= 11 is 0. The SMILES string of the molecule is CC(=O)O[C@@H]1CC(=O)O[C@H]1C1=CC(=O)c2ccccc2C1=O. The maximum atomic E-state index is 12.5. The van der Waals surface area contributed by atoms with E-state index in [-0.39, 0.29) is 23.3 Å². The van der Waals surface area contributed by atoms with Crippen molar-refractivity contribution >= 4 is 23.5 Å². The molecule has 0 aromatic heterocycles. The molecule has 0 unspecified atom stereocenters. The highest BCUT2D eigenvalue weighted by Crippen LogP contribution is 2.31. The Morgan fingerprint density at radius 1 is 1.18 bits per heavy atom. The zero-order valence-electron chi connectivity index (χ0n) is 11.7. The lowest BCUT2D eigenvalue weighted by Gasteiger charge is -2.22. The fourth-order valence-electron chi connectivity index (χ4n) is 2.66. The highest BCUT2D eigenvalue weighted by molar-refractivity contribution is 6.25. The van der Waals surface area contributed by atoms with Crippen LogP contribution in [-0.2, 0) is 19.1 Å². The molecule has 1 aromatic carbocycles. The normalized spacial score (nSPS) is 23.7. The molecule has 0 radical (unpaired) electrons. The van der Waals surface area contributed by atoms with Crippen LogP contribution in [0.4, 0.5) is 0 Å². The summed E-state index contributed by atoms with van der Waals surface area (Å²) in [5.41, 5.74) is 0.611. The Balaban J connectivity index is 1.98. The molecule has 1 aliphatic carbocycles. The Hall–Kier alpha value is -2.76. The lowest BCUT2D eigenvalue weighted by molar-refractivity contribution is -0.149. The summed E-state index contributed by atoms with van der Waals surface area (Å²) in [6, 6.07) is 6.42. The Morgan fingerprint density at radius 3 is 2.55 bits per heavy atom. The largest absolute Gasteiger partial charge is 0.458 e. The number of carbonyl (C=O) groups is 4. The third-order valence-corrected chi connectivity index (χ3v) is 3.57. The number of cyclic esters (lactones) is 1. The third kappa shape index (κ3) is 2.32. The van der Waals surface area contributed by atoms with Gasteiger partial charge in [0.05, 0.1) is 6.42 Å². The van der Waals surface area contributed by atoms with Crippen LogP contribution < -0.4 is 0 Å². The van der Waals surface area contributed by atoms with Crippen LogP contribution in [-0.4, -0.2) is 35.7 Å². The van der Waals surface area contributed by atoms with Gasteiger partial charge in [-0.2, -0.15) is 0 Å². The highest BCUT2D eigenvalue weighted by Gasteiger charge is 2.43. The molecule has 6 nitrogen and oxygen atoms in total. The zero-order chi connectivity index (χ0) is 15.9. The second-order valence-corrected chi connectivity index (χ2v) is 5.10. The summed E-state index contributed by atoms with van der Waals surface area (Å²) in [6.07, 6.45) is -0.908. The van der Waals surface area contributed by atoms with Crippen LogP contribution in [0.3, 0.4) is 0 Å². The van der Waals surface area contributed by atoms with Crippen LogP contribution in [0.1, 0.15) is 34.1 Å². The van der Waals surface area contributed by atoms with Gasteiger partial charge in [0.15, 0.2) is 23.8 Å². The molecule has 22 heavy (non-hydrogen) atoms. The summed E-state index contributed by atoms with van der Waals surface area (Å²) < 4.78 is 10.1. The molecule has 0 N–H and O–H groups in total. The van der Waals surface area contributed by atoms with Crippen molar-refractivity contribution < 1.29 is 28.7 Å². The van der Waals surface area contributed by atoms with Crippen LogP contribution in [0.15, 0.2) is 35.9 Å². The van der Waals surface area contributed by atoms with E-state index in [2.05, 4.69) is 0 Å². The van der Waals surface area contributed by atoms with Crippen LogP contribution in [0.25, 0.3) is 0 Å². The van der Waals surface area contributed by atoms with Gasteiger partial charge in [-0.15, -0.1) is 0 Å². The van der Waals surface area contributed by atoms with Crippen molar-refractivity contribution in [1.29, 1.82) is 0 Å². The molecular weight excluding hydrogens is 288 g/mol. The van der Waals surface area contributed by atoms with E-state index in [0.717, 1.165) is 6.08 Å². The molecule has 1 fully saturated rings. The summed E-state index contributed by atoms with van der Waals surface area (Å²) in [5.74, 6) is -1.89. The predicted octanol–water partition coefficient (Wildman–Crippen LogP) is 1.24. The molecule has 2 atom stereocenters. The molecular formula is C16H12O6. The number of esters is 2. The summed E-state index contributed by atoms with van der Waals surface area (Å²) in [5, 5.41) is 0. The first-order chi connectivity index (χ1) is 10.5. The maximum Gasteiger partial charge on any atom is 0.310 e. The minimum atomic E-state index is -1.04. The van der Waals surface area contributed by atoms with Gasteiger partial charge in [-0.3, -0.25) is 19.2 Å². The lowest BCUT2D eigenvalue weighted by atomic mass is 9.86. The Labute approximate surface area is 125 Å². The van der Waals surface area contributed by atoms with Crippen molar-refractivity contribution in [2.75, 3.05) is 0 Å². The number of ketones is 2. The summed E-state index contributed by atoms with van der Waals surface area (Å²) in [4.78, 5) is 47.3. The molecule has 1 saturated heterocycles. The predicted molar refractivity (Wildman–Crippen MR) is 73.2 cm³/mol. The Bertz CT molecular complexity index is 730. The number of benzene rings is 1. The molecule has 0 bridgehead atoms. The smallest absolute Gasteiger partial charge is 0.310 e. The Morgan fingerprint density at radius 2 is 1.86 bits per heavy atom. The molecule has 1 aliphatic heterocycles. The van der Waals surface area contributed by atoms with E-state index in [1.165, 1.54) is 6.92 Å². The van der Waals surface area contributed by atoms with Crippen LogP contribution >= 0.6 is 0 Å². The number of ether oxygens (including phenoxy) is 2. The van der Waals surface area contributed by atoms with E-state index >= 15 is 0 Å². The van der Waals surface area contributed by atoms with Crippen molar-refractivity contribution in [1.82, 2.24) is 0 Å². The monoisotopic (exact) mass is 300 g/mol. The number of Topliss-reactive ketones (excluding diaryl/α,β-unsaturated/α-hetero) is 1. The molecule has 3 rings (SSSR count). The average molecular weight is 300 g/mol. The van der Waals surface area contributed by atoms with Gasteiger partial charge in [-0.1, -0.05) is 24.3 Å². The number of hydrogen-bond acceptors (Lipinski definition) is 6. The molecule has 0 spiro atoms. The van der Waals surface area contributed by atoms with Crippen molar-refractivity contribution in [2.45, 2.75) is 25.6 Å². The number of allylic oxidation sites excluding steroid dienone is 1. The van der Waals surface area contributed by atoms with Gasteiger partial charge < -0.3 is 9.47 Å². The van der Waals surface area contributed by atoms with Crippen molar-refractivity contribution in [3.8, 4) is 0 Å². The van der Waals surface area contributed by atoms with Gasteiger partial charge in [0.1, 0.15) is 0 Å². The molecule has 1 aromatic rings.